The first-order valence-corrected chi connectivity index (χ1v) is 8.41. The van der Waals surface area contributed by atoms with Crippen molar-refractivity contribution in [1.29, 1.82) is 0 Å². The number of aryl methyl sites for hydroxylation is 1. The second-order valence-corrected chi connectivity index (χ2v) is 6.89. The summed E-state index contributed by atoms with van der Waals surface area (Å²) in [5.41, 5.74) is 2.83. The van der Waals surface area contributed by atoms with Gasteiger partial charge in [-0.05, 0) is 48.9 Å². The van der Waals surface area contributed by atoms with Crippen molar-refractivity contribution in [2.45, 2.75) is 32.1 Å². The predicted octanol–water partition coefficient (Wildman–Crippen LogP) is 1.55. The second-order valence-electron chi connectivity index (χ2n) is 6.89. The number of hydrogen-bond acceptors (Lipinski definition) is 4. The minimum absolute atomic E-state index is 0.0108. The van der Waals surface area contributed by atoms with Crippen LogP contribution in [0.3, 0.4) is 0 Å². The molecule has 0 bridgehead atoms. The molecule has 2 N–H and O–H groups in total. The van der Waals surface area contributed by atoms with Crippen LogP contribution >= 0.6 is 0 Å². The maximum absolute atomic E-state index is 12.4. The van der Waals surface area contributed by atoms with Gasteiger partial charge >= 0.3 is 0 Å². The van der Waals surface area contributed by atoms with Gasteiger partial charge in [-0.2, -0.15) is 0 Å². The van der Waals surface area contributed by atoms with E-state index < -0.39 is 5.91 Å². The zero-order valence-electron chi connectivity index (χ0n) is 14.0. The van der Waals surface area contributed by atoms with Crippen LogP contribution in [0.5, 0.6) is 0 Å². The largest absolute Gasteiger partial charge is 0.385 e. The summed E-state index contributed by atoms with van der Waals surface area (Å²) < 4.78 is 4.93. The lowest BCUT2D eigenvalue weighted by atomic mass is 9.71. The molecule has 6 nitrogen and oxygen atoms in total. The lowest BCUT2D eigenvalue weighted by Crippen LogP contribution is -2.32. The van der Waals surface area contributed by atoms with E-state index in [1.54, 1.807) is 13.2 Å². The summed E-state index contributed by atoms with van der Waals surface area (Å²) in [7, 11) is 1.59. The molecule has 1 aliphatic heterocycles. The summed E-state index contributed by atoms with van der Waals surface area (Å²) in [6, 6.07) is 5.63. The highest BCUT2D eigenvalue weighted by molar-refractivity contribution is 5.93. The zero-order chi connectivity index (χ0) is 17.2. The number of carbonyl (C=O) groups excluding carboxylic acids is 2. The van der Waals surface area contributed by atoms with Crippen molar-refractivity contribution in [1.82, 2.24) is 10.4 Å². The first-order chi connectivity index (χ1) is 11.5. The van der Waals surface area contributed by atoms with Crippen molar-refractivity contribution >= 4 is 11.8 Å². The van der Waals surface area contributed by atoms with Crippen LogP contribution in [0.4, 0.5) is 0 Å². The number of fused-ring (bicyclic) bond motifs is 1. The number of carbonyl (C=O) groups is 2. The van der Waals surface area contributed by atoms with Crippen LogP contribution in [0.15, 0.2) is 18.2 Å². The third kappa shape index (κ3) is 3.44. The predicted molar refractivity (Wildman–Crippen MR) is 87.8 cm³/mol. The third-order valence-corrected chi connectivity index (χ3v) is 5.09. The Labute approximate surface area is 141 Å². The Kier molecular flexibility index (Phi) is 4.87. The molecule has 6 heteroatoms. The van der Waals surface area contributed by atoms with Crippen molar-refractivity contribution in [2.24, 2.45) is 5.41 Å². The molecular formula is C18H24N2O4. The van der Waals surface area contributed by atoms with Crippen molar-refractivity contribution in [3.05, 3.63) is 34.9 Å². The molecule has 1 aromatic rings. The topological polar surface area (TPSA) is 78.9 Å². The first-order valence-electron chi connectivity index (χ1n) is 8.41. The molecule has 0 unspecified atom stereocenters. The Bertz CT molecular complexity index is 646. The fourth-order valence-corrected chi connectivity index (χ4v) is 3.72. The van der Waals surface area contributed by atoms with Crippen LogP contribution in [0, 0.1) is 5.41 Å². The highest BCUT2D eigenvalue weighted by Crippen LogP contribution is 2.40. The fourth-order valence-electron chi connectivity index (χ4n) is 3.72. The van der Waals surface area contributed by atoms with Gasteiger partial charge in [0.25, 0.3) is 5.91 Å². The van der Waals surface area contributed by atoms with Crippen molar-refractivity contribution in [2.75, 3.05) is 26.8 Å². The Hall–Kier alpha value is -1.92. The minimum Gasteiger partial charge on any atom is -0.385 e. The van der Waals surface area contributed by atoms with Gasteiger partial charge in [-0.25, -0.2) is 5.06 Å². The van der Waals surface area contributed by atoms with Crippen LogP contribution in [-0.4, -0.2) is 48.9 Å². The van der Waals surface area contributed by atoms with E-state index in [0.717, 1.165) is 29.9 Å². The molecule has 3 rings (SSSR count). The van der Waals surface area contributed by atoms with Gasteiger partial charge in [0.2, 0.25) is 5.91 Å². The highest BCUT2D eigenvalue weighted by atomic mass is 16.5. The normalized spacial score (nSPS) is 22.3. The Morgan fingerprint density at radius 2 is 2.21 bits per heavy atom. The summed E-state index contributed by atoms with van der Waals surface area (Å²) in [6.07, 6.45) is 3.87. The molecule has 1 aliphatic carbocycles. The highest BCUT2D eigenvalue weighted by Gasteiger charge is 2.40. The van der Waals surface area contributed by atoms with E-state index in [0.29, 0.717) is 31.6 Å². The molecule has 0 aromatic heterocycles. The van der Waals surface area contributed by atoms with E-state index in [9.17, 15) is 14.8 Å². The van der Waals surface area contributed by atoms with Gasteiger partial charge in [0.1, 0.15) is 0 Å². The van der Waals surface area contributed by atoms with Crippen LogP contribution < -0.4 is 5.32 Å². The summed E-state index contributed by atoms with van der Waals surface area (Å²) in [5.74, 6) is -0.278. The van der Waals surface area contributed by atoms with Gasteiger partial charge in [0.15, 0.2) is 0 Å². The Morgan fingerprint density at radius 3 is 2.92 bits per heavy atom. The zero-order valence-corrected chi connectivity index (χ0v) is 14.0. The number of benzene rings is 1. The number of ether oxygens (including phenoxy) is 1. The molecule has 2 amide bonds. The summed E-state index contributed by atoms with van der Waals surface area (Å²) in [6.45, 7) is 1.46. The quantitative estimate of drug-likeness (QED) is 0.487. The van der Waals surface area contributed by atoms with Gasteiger partial charge in [0, 0.05) is 37.7 Å². The van der Waals surface area contributed by atoms with Gasteiger partial charge in [-0.1, -0.05) is 6.07 Å². The van der Waals surface area contributed by atoms with Gasteiger partial charge in [0.05, 0.1) is 6.54 Å². The molecule has 1 saturated heterocycles. The van der Waals surface area contributed by atoms with Crippen LogP contribution in [0.1, 0.15) is 40.7 Å². The van der Waals surface area contributed by atoms with E-state index in [2.05, 4.69) is 5.32 Å². The van der Waals surface area contributed by atoms with Crippen molar-refractivity contribution in [3.8, 4) is 0 Å². The fraction of sp³-hybridized carbons (Fsp3) is 0.556. The third-order valence-electron chi connectivity index (χ3n) is 5.09. The number of rotatable bonds is 5. The Balaban J connectivity index is 1.73. The van der Waals surface area contributed by atoms with Gasteiger partial charge in [-0.3, -0.25) is 14.8 Å². The summed E-state index contributed by atoms with van der Waals surface area (Å²) in [4.78, 5) is 24.0. The Morgan fingerprint density at radius 1 is 1.38 bits per heavy atom. The van der Waals surface area contributed by atoms with E-state index >= 15 is 0 Å². The van der Waals surface area contributed by atoms with E-state index in [1.807, 2.05) is 12.1 Å². The van der Waals surface area contributed by atoms with Crippen molar-refractivity contribution < 1.29 is 19.5 Å². The number of amides is 2. The molecule has 1 aromatic carbocycles. The number of methoxy groups -OCH3 is 1. The van der Waals surface area contributed by atoms with E-state index in [4.69, 9.17) is 4.74 Å². The maximum atomic E-state index is 12.4. The number of hydrogen-bond donors (Lipinski definition) is 2. The van der Waals surface area contributed by atoms with E-state index in [1.165, 1.54) is 5.56 Å². The number of hydroxylamine groups is 2. The van der Waals surface area contributed by atoms with Crippen molar-refractivity contribution in [3.63, 3.8) is 0 Å². The minimum atomic E-state index is -0.394. The molecule has 1 atom stereocenters. The SMILES string of the molecule is COCCCN(O)C(=O)c1ccc2c(c1)C[C@@]1(CC2)CNC(=O)C1. The lowest BCUT2D eigenvalue weighted by Gasteiger charge is -2.33. The molecule has 1 heterocycles. The maximum Gasteiger partial charge on any atom is 0.277 e. The molecule has 1 spiro atoms. The molecular weight excluding hydrogens is 308 g/mol. The standard InChI is InChI=1S/C18H24N2O4/c1-24-8-2-7-20(23)17(22)14-4-3-13-5-6-18(10-15(13)9-14)11-16(21)19-12-18/h3-4,9,23H,2,5-8,10-12H2,1H3,(H,19,21)/t18-/m1/s1. The number of nitrogens with one attached hydrogen (secondary N) is 1. The van der Waals surface area contributed by atoms with Crippen LogP contribution in [-0.2, 0) is 22.4 Å². The summed E-state index contributed by atoms with van der Waals surface area (Å²) >= 11 is 0. The molecule has 0 radical (unpaired) electrons. The van der Waals surface area contributed by atoms with Crippen LogP contribution in [0.2, 0.25) is 0 Å². The van der Waals surface area contributed by atoms with E-state index in [-0.39, 0.29) is 17.9 Å². The molecule has 130 valence electrons. The van der Waals surface area contributed by atoms with Gasteiger partial charge < -0.3 is 10.1 Å². The first kappa shape index (κ1) is 16.9. The average Bonchev–Trinajstić information content (AvgIpc) is 2.93. The second kappa shape index (κ2) is 6.91. The smallest absolute Gasteiger partial charge is 0.277 e. The summed E-state index contributed by atoms with van der Waals surface area (Å²) in [5, 5.41) is 13.6. The molecule has 1 fully saturated rings. The van der Waals surface area contributed by atoms with Crippen LogP contribution in [0.25, 0.3) is 0 Å². The monoisotopic (exact) mass is 332 g/mol. The molecule has 2 aliphatic rings. The average molecular weight is 332 g/mol. The number of nitrogens with zero attached hydrogens (tertiary/aromatic N) is 1. The molecule has 24 heavy (non-hydrogen) atoms. The molecule has 0 saturated carbocycles. The lowest BCUT2D eigenvalue weighted by molar-refractivity contribution is -0.119. The van der Waals surface area contributed by atoms with Gasteiger partial charge in [-0.15, -0.1) is 0 Å².